The number of rotatable bonds is 6. The van der Waals surface area contributed by atoms with E-state index >= 15 is 0 Å². The second-order valence-corrected chi connectivity index (χ2v) is 8.19. The summed E-state index contributed by atoms with van der Waals surface area (Å²) in [7, 11) is 0. The molecule has 0 radical (unpaired) electrons. The van der Waals surface area contributed by atoms with Crippen molar-refractivity contribution in [2.45, 2.75) is 40.2 Å². The van der Waals surface area contributed by atoms with Gasteiger partial charge in [-0.3, -0.25) is 4.79 Å². The van der Waals surface area contributed by atoms with Crippen molar-refractivity contribution >= 4 is 11.7 Å². The van der Waals surface area contributed by atoms with Crippen LogP contribution in [0.3, 0.4) is 0 Å². The molecular weight excluding hydrogens is 388 g/mol. The van der Waals surface area contributed by atoms with Crippen LogP contribution in [0.4, 0.5) is 5.82 Å². The van der Waals surface area contributed by atoms with Crippen molar-refractivity contribution in [2.24, 2.45) is 5.92 Å². The van der Waals surface area contributed by atoms with Crippen LogP contribution in [0.5, 0.6) is 0 Å². The van der Waals surface area contributed by atoms with Gasteiger partial charge in [-0.2, -0.15) is 5.10 Å². The van der Waals surface area contributed by atoms with Crippen molar-refractivity contribution in [3.63, 3.8) is 0 Å². The van der Waals surface area contributed by atoms with Gasteiger partial charge in [-0.25, -0.2) is 4.68 Å². The van der Waals surface area contributed by atoms with Gasteiger partial charge in [0.1, 0.15) is 0 Å². The summed E-state index contributed by atoms with van der Waals surface area (Å²) < 4.78 is 1.81. The van der Waals surface area contributed by atoms with Gasteiger partial charge in [-0.1, -0.05) is 30.3 Å². The second kappa shape index (κ2) is 9.29. The van der Waals surface area contributed by atoms with Crippen molar-refractivity contribution < 1.29 is 4.79 Å². The average molecular weight is 419 g/mol. The number of amides is 1. The molecule has 162 valence electrons. The van der Waals surface area contributed by atoms with E-state index in [0.717, 1.165) is 55.5 Å². The summed E-state index contributed by atoms with van der Waals surface area (Å²) in [6, 6.07) is 16.2. The first-order chi connectivity index (χ1) is 15.0. The van der Waals surface area contributed by atoms with Crippen LogP contribution in [0.2, 0.25) is 0 Å². The molecule has 0 spiro atoms. The van der Waals surface area contributed by atoms with E-state index in [2.05, 4.69) is 39.3 Å². The lowest BCUT2D eigenvalue weighted by Gasteiger charge is -2.34. The lowest BCUT2D eigenvalue weighted by atomic mass is 9.95. The molecule has 1 aliphatic rings. The Morgan fingerprint density at radius 3 is 2.29 bits per heavy atom. The summed E-state index contributed by atoms with van der Waals surface area (Å²) in [4.78, 5) is 17.3. The Labute approximate surface area is 183 Å². The molecule has 3 heterocycles. The van der Waals surface area contributed by atoms with E-state index in [1.165, 1.54) is 5.56 Å². The van der Waals surface area contributed by atoms with Gasteiger partial charge in [0.05, 0.1) is 5.69 Å². The normalized spacial score (nSPS) is 14.6. The number of benzene rings is 1. The molecule has 1 saturated heterocycles. The van der Waals surface area contributed by atoms with Gasteiger partial charge in [-0.15, -0.1) is 10.2 Å². The topological polar surface area (TPSA) is 67.2 Å². The predicted octanol–water partition coefficient (Wildman–Crippen LogP) is 3.54. The van der Waals surface area contributed by atoms with Gasteiger partial charge in [0, 0.05) is 37.8 Å². The van der Waals surface area contributed by atoms with E-state index in [0.29, 0.717) is 6.54 Å². The van der Waals surface area contributed by atoms with Crippen LogP contribution in [0.15, 0.2) is 48.5 Å². The predicted molar refractivity (Wildman–Crippen MR) is 121 cm³/mol. The van der Waals surface area contributed by atoms with E-state index in [4.69, 9.17) is 0 Å². The van der Waals surface area contributed by atoms with Crippen LogP contribution in [0.1, 0.15) is 36.7 Å². The average Bonchev–Trinajstić information content (AvgIpc) is 3.15. The van der Waals surface area contributed by atoms with Crippen molar-refractivity contribution in [1.29, 1.82) is 0 Å². The molecule has 0 bridgehead atoms. The maximum Gasteiger partial charge on any atom is 0.226 e. The molecule has 7 heteroatoms. The molecule has 1 aromatic carbocycles. The maximum atomic E-state index is 13.1. The summed E-state index contributed by atoms with van der Waals surface area (Å²) >= 11 is 0. The number of carbonyl (C=O) groups excluding carboxylic acids is 1. The number of aromatic nitrogens is 4. The number of piperidine rings is 1. The lowest BCUT2D eigenvalue weighted by molar-refractivity contribution is -0.136. The molecule has 0 aliphatic carbocycles. The fourth-order valence-corrected chi connectivity index (χ4v) is 4.22. The Morgan fingerprint density at radius 1 is 1.03 bits per heavy atom. The molecule has 1 fully saturated rings. The summed E-state index contributed by atoms with van der Waals surface area (Å²) in [6.45, 7) is 9.06. The first-order valence-electron chi connectivity index (χ1n) is 11.0. The van der Waals surface area contributed by atoms with Gasteiger partial charge in [0.15, 0.2) is 11.6 Å². The van der Waals surface area contributed by atoms with Gasteiger partial charge in [-0.05, 0) is 57.4 Å². The van der Waals surface area contributed by atoms with Gasteiger partial charge in [0.25, 0.3) is 0 Å². The zero-order chi connectivity index (χ0) is 21.8. The van der Waals surface area contributed by atoms with E-state index in [1.807, 2.05) is 59.8 Å². The first-order valence-corrected chi connectivity index (χ1v) is 11.0. The summed E-state index contributed by atoms with van der Waals surface area (Å²) in [5, 5.41) is 13.3. The maximum absolute atomic E-state index is 13.1. The number of anilines is 1. The van der Waals surface area contributed by atoms with Gasteiger partial charge in [0.2, 0.25) is 5.91 Å². The zero-order valence-electron chi connectivity index (χ0n) is 18.5. The molecule has 4 rings (SSSR count). The highest BCUT2D eigenvalue weighted by molar-refractivity contribution is 5.79. The van der Waals surface area contributed by atoms with Crippen LogP contribution in [-0.4, -0.2) is 50.4 Å². The third kappa shape index (κ3) is 4.76. The third-order valence-corrected chi connectivity index (χ3v) is 5.94. The van der Waals surface area contributed by atoms with Crippen LogP contribution in [-0.2, 0) is 11.3 Å². The van der Waals surface area contributed by atoms with Crippen LogP contribution in [0.25, 0.3) is 5.82 Å². The number of nitrogens with zero attached hydrogens (tertiary/aromatic N) is 6. The van der Waals surface area contributed by atoms with E-state index in [-0.39, 0.29) is 11.8 Å². The third-order valence-electron chi connectivity index (χ3n) is 5.94. The zero-order valence-corrected chi connectivity index (χ0v) is 18.5. The Kier molecular flexibility index (Phi) is 6.30. The second-order valence-electron chi connectivity index (χ2n) is 8.19. The highest BCUT2D eigenvalue weighted by Gasteiger charge is 2.28. The van der Waals surface area contributed by atoms with Crippen molar-refractivity contribution in [3.8, 4) is 5.82 Å². The number of carbonyl (C=O) groups is 1. The number of aryl methyl sites for hydroxylation is 2. The molecule has 0 N–H and O–H groups in total. The SMILES string of the molecule is CCN(Cc1ccccc1)C(=O)C1CCN(c2ccc(-n3nc(C)cc3C)nn2)CC1. The molecule has 1 aliphatic heterocycles. The summed E-state index contributed by atoms with van der Waals surface area (Å²) in [6.07, 6.45) is 1.68. The van der Waals surface area contributed by atoms with Crippen molar-refractivity contribution in [3.05, 3.63) is 65.5 Å². The largest absolute Gasteiger partial charge is 0.355 e. The van der Waals surface area contributed by atoms with Crippen molar-refractivity contribution in [1.82, 2.24) is 24.9 Å². The molecule has 0 saturated carbocycles. The molecule has 1 amide bonds. The monoisotopic (exact) mass is 418 g/mol. The van der Waals surface area contributed by atoms with Crippen LogP contribution in [0, 0.1) is 19.8 Å². The molecule has 0 unspecified atom stereocenters. The Balaban J connectivity index is 1.35. The Bertz CT molecular complexity index is 1010. The van der Waals surface area contributed by atoms with Crippen LogP contribution >= 0.6 is 0 Å². The van der Waals surface area contributed by atoms with Crippen LogP contribution < -0.4 is 4.90 Å². The fraction of sp³-hybridized carbons (Fsp3) is 0.417. The molecule has 0 atom stereocenters. The van der Waals surface area contributed by atoms with E-state index < -0.39 is 0 Å². The first kappa shape index (κ1) is 21.0. The molecule has 2 aromatic heterocycles. The van der Waals surface area contributed by atoms with E-state index in [9.17, 15) is 4.79 Å². The minimum absolute atomic E-state index is 0.0712. The minimum Gasteiger partial charge on any atom is -0.355 e. The smallest absolute Gasteiger partial charge is 0.226 e. The minimum atomic E-state index is 0.0712. The molecular formula is C24H30N6O. The van der Waals surface area contributed by atoms with E-state index in [1.54, 1.807) is 0 Å². The highest BCUT2D eigenvalue weighted by Crippen LogP contribution is 2.24. The van der Waals surface area contributed by atoms with Crippen molar-refractivity contribution in [2.75, 3.05) is 24.5 Å². The molecule has 31 heavy (non-hydrogen) atoms. The number of hydrogen-bond donors (Lipinski definition) is 0. The summed E-state index contributed by atoms with van der Waals surface area (Å²) in [5.74, 6) is 1.91. The Hall–Kier alpha value is -3.22. The van der Waals surface area contributed by atoms with Gasteiger partial charge >= 0.3 is 0 Å². The number of hydrogen-bond acceptors (Lipinski definition) is 5. The Morgan fingerprint density at radius 2 is 1.71 bits per heavy atom. The molecule has 3 aromatic rings. The van der Waals surface area contributed by atoms with Gasteiger partial charge < -0.3 is 9.80 Å². The lowest BCUT2D eigenvalue weighted by Crippen LogP contribution is -2.42. The molecule has 7 nitrogen and oxygen atoms in total. The highest BCUT2D eigenvalue weighted by atomic mass is 16.2. The standard InChI is InChI=1S/C24H30N6O/c1-4-28(17-20-8-6-5-7-9-20)24(31)21-12-14-29(15-13-21)22-10-11-23(26-25-22)30-19(3)16-18(2)27-30/h5-11,16,21H,4,12-15,17H2,1-3H3. The quantitative estimate of drug-likeness (QED) is 0.612. The summed E-state index contributed by atoms with van der Waals surface area (Å²) in [5.41, 5.74) is 3.17. The fourth-order valence-electron chi connectivity index (χ4n) is 4.22.